The molecule has 0 amide bonds. The van der Waals surface area contributed by atoms with Crippen molar-refractivity contribution in [1.29, 1.82) is 0 Å². The Morgan fingerprint density at radius 3 is 2.47 bits per heavy atom. The normalized spacial score (nSPS) is 12.5. The van der Waals surface area contributed by atoms with Gasteiger partial charge in [-0.15, -0.1) is 0 Å². The maximum atomic E-state index is 14.0. The summed E-state index contributed by atoms with van der Waals surface area (Å²) in [5, 5.41) is 10.9. The van der Waals surface area contributed by atoms with E-state index in [1.54, 1.807) is 25.1 Å². The van der Waals surface area contributed by atoms with Gasteiger partial charge in [0.1, 0.15) is 11.9 Å². The third kappa shape index (κ3) is 2.99. The SMILES string of the molecule is Cc1cc(C)c(C(O)c2ccc(Cl)c(Br)c2)c(F)c1. The summed E-state index contributed by atoms with van der Waals surface area (Å²) in [4.78, 5) is 0. The molecular weight excluding hydrogens is 331 g/mol. The van der Waals surface area contributed by atoms with Crippen molar-refractivity contribution in [3.05, 3.63) is 67.9 Å². The molecule has 2 aromatic carbocycles. The van der Waals surface area contributed by atoms with Crippen LogP contribution in [-0.2, 0) is 0 Å². The van der Waals surface area contributed by atoms with Gasteiger partial charge in [0.2, 0.25) is 0 Å². The molecular formula is C15H13BrClFO. The Morgan fingerprint density at radius 2 is 1.89 bits per heavy atom. The topological polar surface area (TPSA) is 20.2 Å². The molecule has 0 aliphatic rings. The summed E-state index contributed by atoms with van der Waals surface area (Å²) in [7, 11) is 0. The number of hydrogen-bond donors (Lipinski definition) is 1. The highest BCUT2D eigenvalue weighted by Crippen LogP contribution is 2.32. The van der Waals surface area contributed by atoms with E-state index in [0.717, 1.165) is 11.1 Å². The Hall–Kier alpha value is -0.900. The van der Waals surface area contributed by atoms with Crippen LogP contribution < -0.4 is 0 Å². The lowest BCUT2D eigenvalue weighted by Gasteiger charge is -2.16. The number of aliphatic hydroxyl groups is 1. The first-order valence-corrected chi connectivity index (χ1v) is 6.97. The maximum Gasteiger partial charge on any atom is 0.129 e. The van der Waals surface area contributed by atoms with Gasteiger partial charge in [0.05, 0.1) is 5.02 Å². The first-order valence-electron chi connectivity index (χ1n) is 5.80. The molecule has 1 N–H and O–H groups in total. The number of rotatable bonds is 2. The molecule has 0 spiro atoms. The molecule has 0 heterocycles. The van der Waals surface area contributed by atoms with Gasteiger partial charge < -0.3 is 5.11 Å². The zero-order valence-electron chi connectivity index (χ0n) is 10.5. The van der Waals surface area contributed by atoms with Gasteiger partial charge >= 0.3 is 0 Å². The van der Waals surface area contributed by atoms with Crippen LogP contribution in [0.4, 0.5) is 4.39 Å². The Morgan fingerprint density at radius 1 is 1.21 bits per heavy atom. The van der Waals surface area contributed by atoms with Crippen LogP contribution in [0.25, 0.3) is 0 Å². The second-order valence-corrected chi connectivity index (χ2v) is 5.81. The monoisotopic (exact) mass is 342 g/mol. The number of hydrogen-bond acceptors (Lipinski definition) is 1. The zero-order chi connectivity index (χ0) is 14.2. The molecule has 100 valence electrons. The van der Waals surface area contributed by atoms with Crippen molar-refractivity contribution in [3.8, 4) is 0 Å². The van der Waals surface area contributed by atoms with Crippen LogP contribution in [0, 0.1) is 19.7 Å². The number of benzene rings is 2. The number of aliphatic hydroxyl groups excluding tert-OH is 1. The highest BCUT2D eigenvalue weighted by Gasteiger charge is 2.18. The van der Waals surface area contributed by atoms with Gasteiger partial charge in [-0.05, 0) is 64.7 Å². The molecule has 19 heavy (non-hydrogen) atoms. The minimum atomic E-state index is -1.01. The van der Waals surface area contributed by atoms with Crippen molar-refractivity contribution < 1.29 is 9.50 Å². The average molecular weight is 344 g/mol. The number of aryl methyl sites for hydroxylation is 2. The van der Waals surface area contributed by atoms with Gasteiger partial charge in [-0.25, -0.2) is 4.39 Å². The van der Waals surface area contributed by atoms with E-state index in [9.17, 15) is 9.50 Å². The van der Waals surface area contributed by atoms with Gasteiger partial charge in [-0.1, -0.05) is 23.7 Å². The van der Waals surface area contributed by atoms with Crippen LogP contribution in [0.15, 0.2) is 34.8 Å². The average Bonchev–Trinajstić information content (AvgIpc) is 2.31. The first kappa shape index (κ1) is 14.5. The lowest BCUT2D eigenvalue weighted by molar-refractivity contribution is 0.214. The summed E-state index contributed by atoms with van der Waals surface area (Å²) in [6.07, 6.45) is -1.01. The maximum absolute atomic E-state index is 14.0. The van der Waals surface area contributed by atoms with E-state index in [-0.39, 0.29) is 0 Å². The van der Waals surface area contributed by atoms with E-state index in [0.29, 0.717) is 20.6 Å². The van der Waals surface area contributed by atoms with E-state index in [1.165, 1.54) is 6.07 Å². The Bertz CT molecular complexity index is 605. The minimum Gasteiger partial charge on any atom is -0.384 e. The zero-order valence-corrected chi connectivity index (χ0v) is 12.9. The molecule has 2 aromatic rings. The predicted molar refractivity (Wildman–Crippen MR) is 79.1 cm³/mol. The third-order valence-corrected chi connectivity index (χ3v) is 4.23. The molecule has 1 atom stereocenters. The summed E-state index contributed by atoms with van der Waals surface area (Å²) >= 11 is 9.21. The third-order valence-electron chi connectivity index (χ3n) is 3.01. The molecule has 0 aromatic heterocycles. The van der Waals surface area contributed by atoms with E-state index < -0.39 is 11.9 Å². The molecule has 0 fully saturated rings. The van der Waals surface area contributed by atoms with E-state index in [1.807, 2.05) is 13.0 Å². The van der Waals surface area contributed by atoms with Crippen molar-refractivity contribution >= 4 is 27.5 Å². The van der Waals surface area contributed by atoms with E-state index >= 15 is 0 Å². The summed E-state index contributed by atoms with van der Waals surface area (Å²) < 4.78 is 14.7. The van der Waals surface area contributed by atoms with Crippen LogP contribution in [0.3, 0.4) is 0 Å². The summed E-state index contributed by atoms with van der Waals surface area (Å²) in [6, 6.07) is 8.34. The smallest absolute Gasteiger partial charge is 0.129 e. The highest BCUT2D eigenvalue weighted by atomic mass is 79.9. The van der Waals surface area contributed by atoms with E-state index in [2.05, 4.69) is 15.9 Å². The quantitative estimate of drug-likeness (QED) is 0.819. The lowest BCUT2D eigenvalue weighted by Crippen LogP contribution is -2.06. The Labute approximate surface area is 125 Å². The van der Waals surface area contributed by atoms with Gasteiger partial charge in [-0.3, -0.25) is 0 Å². The Balaban J connectivity index is 2.49. The summed E-state index contributed by atoms with van der Waals surface area (Å²) in [5.74, 6) is -0.393. The van der Waals surface area contributed by atoms with Crippen LogP contribution in [0.5, 0.6) is 0 Å². The summed E-state index contributed by atoms with van der Waals surface area (Å²) in [5.41, 5.74) is 2.47. The van der Waals surface area contributed by atoms with Gasteiger partial charge in [0, 0.05) is 10.0 Å². The molecule has 0 aliphatic heterocycles. The summed E-state index contributed by atoms with van der Waals surface area (Å²) in [6.45, 7) is 3.62. The van der Waals surface area contributed by atoms with Crippen LogP contribution in [-0.4, -0.2) is 5.11 Å². The molecule has 0 saturated heterocycles. The fraction of sp³-hybridized carbons (Fsp3) is 0.200. The van der Waals surface area contributed by atoms with Crippen LogP contribution in [0.2, 0.25) is 5.02 Å². The standard InChI is InChI=1S/C15H13BrClFO/c1-8-5-9(2)14(13(18)6-8)15(19)10-3-4-12(17)11(16)7-10/h3-7,15,19H,1-2H3. The van der Waals surface area contributed by atoms with Gasteiger partial charge in [0.15, 0.2) is 0 Å². The lowest BCUT2D eigenvalue weighted by atomic mass is 9.95. The van der Waals surface area contributed by atoms with Crippen LogP contribution >= 0.6 is 27.5 Å². The fourth-order valence-electron chi connectivity index (χ4n) is 2.12. The molecule has 1 nitrogen and oxygen atoms in total. The highest BCUT2D eigenvalue weighted by molar-refractivity contribution is 9.10. The van der Waals surface area contributed by atoms with Gasteiger partial charge in [-0.2, -0.15) is 0 Å². The fourth-order valence-corrected chi connectivity index (χ4v) is 2.64. The minimum absolute atomic E-state index is 0.305. The van der Waals surface area contributed by atoms with Crippen molar-refractivity contribution in [2.24, 2.45) is 0 Å². The second-order valence-electron chi connectivity index (χ2n) is 4.55. The molecule has 0 radical (unpaired) electrons. The first-order chi connectivity index (χ1) is 8.90. The van der Waals surface area contributed by atoms with Gasteiger partial charge in [0.25, 0.3) is 0 Å². The van der Waals surface area contributed by atoms with Crippen molar-refractivity contribution in [1.82, 2.24) is 0 Å². The largest absolute Gasteiger partial charge is 0.384 e. The molecule has 2 rings (SSSR count). The Kier molecular flexibility index (Phi) is 4.29. The van der Waals surface area contributed by atoms with Crippen LogP contribution in [0.1, 0.15) is 28.4 Å². The second kappa shape index (κ2) is 5.61. The predicted octanol–water partition coefficient (Wildman–Crippen LogP) is 4.94. The molecule has 0 saturated carbocycles. The van der Waals surface area contributed by atoms with Crippen molar-refractivity contribution in [2.45, 2.75) is 20.0 Å². The van der Waals surface area contributed by atoms with Crippen molar-refractivity contribution in [2.75, 3.05) is 0 Å². The number of halogens is 3. The van der Waals surface area contributed by atoms with Crippen molar-refractivity contribution in [3.63, 3.8) is 0 Å². The molecule has 1 unspecified atom stereocenters. The molecule has 4 heteroatoms. The molecule has 0 aliphatic carbocycles. The molecule has 0 bridgehead atoms. The van der Waals surface area contributed by atoms with E-state index in [4.69, 9.17) is 11.6 Å².